The van der Waals surface area contributed by atoms with Gasteiger partial charge in [0.05, 0.1) is 6.10 Å². The lowest BCUT2D eigenvalue weighted by Gasteiger charge is -2.50. The van der Waals surface area contributed by atoms with Crippen molar-refractivity contribution in [3.63, 3.8) is 0 Å². The van der Waals surface area contributed by atoms with Crippen LogP contribution in [0.15, 0.2) is 0 Å². The van der Waals surface area contributed by atoms with Gasteiger partial charge < -0.3 is 5.11 Å². The van der Waals surface area contributed by atoms with Gasteiger partial charge in [0.25, 0.3) is 0 Å². The Kier molecular flexibility index (Phi) is 5.12. The van der Waals surface area contributed by atoms with Crippen LogP contribution in [0.3, 0.4) is 0 Å². The zero-order valence-electron chi connectivity index (χ0n) is 12.6. The number of rotatable bonds is 4. The molecule has 0 aromatic rings. The first kappa shape index (κ1) is 14.4. The molecule has 0 aromatic heterocycles. The van der Waals surface area contributed by atoms with Crippen LogP contribution in [0.2, 0.25) is 0 Å². The summed E-state index contributed by atoms with van der Waals surface area (Å²) < 4.78 is 0. The van der Waals surface area contributed by atoms with Crippen molar-refractivity contribution in [2.24, 2.45) is 29.6 Å². The Morgan fingerprint density at radius 2 is 1.78 bits per heavy atom. The van der Waals surface area contributed by atoms with Crippen LogP contribution < -0.4 is 0 Å². The molecule has 6 unspecified atom stereocenters. The minimum atomic E-state index is 0.00493. The molecule has 0 heterocycles. The standard InChI is InChI=1S/C17H32O/c1-4-7-13-11-14-9-6-10-16(18)17(14)15(8-5-2)12(13)3/h12-18H,4-11H2,1-3H3. The van der Waals surface area contributed by atoms with Crippen molar-refractivity contribution in [1.29, 1.82) is 0 Å². The lowest BCUT2D eigenvalue weighted by atomic mass is 9.56. The predicted octanol–water partition coefficient (Wildman–Crippen LogP) is 4.64. The third-order valence-electron chi connectivity index (χ3n) is 5.86. The van der Waals surface area contributed by atoms with Gasteiger partial charge in [0.2, 0.25) is 0 Å². The zero-order valence-corrected chi connectivity index (χ0v) is 12.6. The third kappa shape index (κ3) is 2.76. The fraction of sp³-hybridized carbons (Fsp3) is 1.00. The van der Waals surface area contributed by atoms with Crippen LogP contribution in [0.5, 0.6) is 0 Å². The molecule has 0 radical (unpaired) electrons. The summed E-state index contributed by atoms with van der Waals surface area (Å²) >= 11 is 0. The second kappa shape index (κ2) is 6.41. The van der Waals surface area contributed by atoms with Crippen molar-refractivity contribution in [1.82, 2.24) is 0 Å². The predicted molar refractivity (Wildman–Crippen MR) is 77.4 cm³/mol. The highest BCUT2D eigenvalue weighted by atomic mass is 16.3. The summed E-state index contributed by atoms with van der Waals surface area (Å²) in [6.45, 7) is 7.10. The minimum Gasteiger partial charge on any atom is -0.393 e. The highest BCUT2D eigenvalue weighted by Crippen LogP contribution is 2.51. The maximum atomic E-state index is 10.4. The first-order valence-corrected chi connectivity index (χ1v) is 8.37. The van der Waals surface area contributed by atoms with Gasteiger partial charge in [0.1, 0.15) is 0 Å². The van der Waals surface area contributed by atoms with Gasteiger partial charge >= 0.3 is 0 Å². The summed E-state index contributed by atoms with van der Waals surface area (Å²) in [7, 11) is 0. The van der Waals surface area contributed by atoms with E-state index in [0.717, 1.165) is 30.1 Å². The summed E-state index contributed by atoms with van der Waals surface area (Å²) in [6.07, 6.45) is 10.5. The van der Waals surface area contributed by atoms with Crippen molar-refractivity contribution in [2.75, 3.05) is 0 Å². The van der Waals surface area contributed by atoms with E-state index in [1.54, 1.807) is 0 Å². The van der Waals surface area contributed by atoms with Crippen molar-refractivity contribution >= 4 is 0 Å². The molecule has 0 aliphatic heterocycles. The van der Waals surface area contributed by atoms with E-state index >= 15 is 0 Å². The Morgan fingerprint density at radius 1 is 1.06 bits per heavy atom. The fourth-order valence-corrected chi connectivity index (χ4v) is 5.04. The molecular weight excluding hydrogens is 220 g/mol. The topological polar surface area (TPSA) is 20.2 Å². The fourth-order valence-electron chi connectivity index (χ4n) is 5.04. The molecular formula is C17H32O. The Balaban J connectivity index is 2.13. The number of aliphatic hydroxyl groups is 1. The van der Waals surface area contributed by atoms with Crippen molar-refractivity contribution in [3.05, 3.63) is 0 Å². The summed E-state index contributed by atoms with van der Waals surface area (Å²) in [4.78, 5) is 0. The molecule has 2 fully saturated rings. The molecule has 0 saturated heterocycles. The first-order chi connectivity index (χ1) is 8.69. The van der Waals surface area contributed by atoms with Gasteiger partial charge in [-0.05, 0) is 48.9 Å². The van der Waals surface area contributed by atoms with E-state index in [1.807, 2.05) is 0 Å². The van der Waals surface area contributed by atoms with E-state index in [2.05, 4.69) is 20.8 Å². The third-order valence-corrected chi connectivity index (χ3v) is 5.86. The Hall–Kier alpha value is -0.0400. The SMILES string of the molecule is CCCC1CC2CCCC(O)C2C(CCC)C1C. The lowest BCUT2D eigenvalue weighted by molar-refractivity contribution is -0.0684. The van der Waals surface area contributed by atoms with E-state index in [9.17, 15) is 5.11 Å². The van der Waals surface area contributed by atoms with Crippen LogP contribution in [0.4, 0.5) is 0 Å². The summed E-state index contributed by atoms with van der Waals surface area (Å²) in [5.74, 6) is 4.01. The maximum absolute atomic E-state index is 10.4. The van der Waals surface area contributed by atoms with Crippen molar-refractivity contribution < 1.29 is 5.11 Å². The number of hydrogen-bond acceptors (Lipinski definition) is 1. The van der Waals surface area contributed by atoms with Gasteiger partial charge in [-0.1, -0.05) is 52.9 Å². The van der Waals surface area contributed by atoms with Crippen molar-refractivity contribution in [2.45, 2.75) is 78.2 Å². The number of aliphatic hydroxyl groups excluding tert-OH is 1. The van der Waals surface area contributed by atoms with E-state index in [-0.39, 0.29) is 6.10 Å². The Morgan fingerprint density at radius 3 is 2.44 bits per heavy atom. The molecule has 2 rings (SSSR count). The largest absolute Gasteiger partial charge is 0.393 e. The second-order valence-electron chi connectivity index (χ2n) is 6.93. The van der Waals surface area contributed by atoms with Crippen LogP contribution in [0.25, 0.3) is 0 Å². The van der Waals surface area contributed by atoms with E-state index < -0.39 is 0 Å². The molecule has 0 aromatic carbocycles. The molecule has 0 amide bonds. The average Bonchev–Trinajstić information content (AvgIpc) is 2.35. The summed E-state index contributed by atoms with van der Waals surface area (Å²) in [5.41, 5.74) is 0. The lowest BCUT2D eigenvalue weighted by Crippen LogP contribution is -2.46. The molecule has 18 heavy (non-hydrogen) atoms. The van der Waals surface area contributed by atoms with Gasteiger partial charge in [-0.3, -0.25) is 0 Å². The molecule has 1 N–H and O–H groups in total. The van der Waals surface area contributed by atoms with Gasteiger partial charge in [-0.2, -0.15) is 0 Å². The molecule has 1 nitrogen and oxygen atoms in total. The van der Waals surface area contributed by atoms with Gasteiger partial charge in [-0.25, -0.2) is 0 Å². The van der Waals surface area contributed by atoms with Gasteiger partial charge in [-0.15, -0.1) is 0 Å². The van der Waals surface area contributed by atoms with Crippen LogP contribution in [0.1, 0.15) is 72.1 Å². The van der Waals surface area contributed by atoms with Crippen LogP contribution in [-0.4, -0.2) is 11.2 Å². The van der Waals surface area contributed by atoms with E-state index in [0.29, 0.717) is 5.92 Å². The monoisotopic (exact) mass is 252 g/mol. The highest BCUT2D eigenvalue weighted by Gasteiger charge is 2.45. The maximum Gasteiger partial charge on any atom is 0.0573 e. The summed E-state index contributed by atoms with van der Waals surface area (Å²) in [5, 5.41) is 10.4. The number of hydrogen-bond donors (Lipinski definition) is 1. The number of fused-ring (bicyclic) bond motifs is 1. The Bertz CT molecular complexity index is 250. The first-order valence-electron chi connectivity index (χ1n) is 8.37. The summed E-state index contributed by atoms with van der Waals surface area (Å²) in [6, 6.07) is 0. The van der Waals surface area contributed by atoms with Crippen LogP contribution >= 0.6 is 0 Å². The van der Waals surface area contributed by atoms with Gasteiger partial charge in [0.15, 0.2) is 0 Å². The smallest absolute Gasteiger partial charge is 0.0573 e. The average molecular weight is 252 g/mol. The quantitative estimate of drug-likeness (QED) is 0.773. The molecule has 6 atom stereocenters. The zero-order chi connectivity index (χ0) is 13.1. The van der Waals surface area contributed by atoms with Gasteiger partial charge in [0, 0.05) is 0 Å². The second-order valence-corrected chi connectivity index (χ2v) is 6.93. The molecule has 2 saturated carbocycles. The van der Waals surface area contributed by atoms with Crippen LogP contribution in [0, 0.1) is 29.6 Å². The Labute approximate surface area is 113 Å². The highest BCUT2D eigenvalue weighted by molar-refractivity contribution is 4.95. The molecule has 1 heteroatoms. The molecule has 2 aliphatic rings. The van der Waals surface area contributed by atoms with E-state index in [1.165, 1.54) is 44.9 Å². The van der Waals surface area contributed by atoms with Crippen LogP contribution in [-0.2, 0) is 0 Å². The molecule has 106 valence electrons. The molecule has 0 spiro atoms. The van der Waals surface area contributed by atoms with Crippen molar-refractivity contribution in [3.8, 4) is 0 Å². The van der Waals surface area contributed by atoms with E-state index in [4.69, 9.17) is 0 Å². The normalized spacial score (nSPS) is 44.7. The molecule has 2 aliphatic carbocycles. The minimum absolute atomic E-state index is 0.00493. The molecule has 0 bridgehead atoms.